The van der Waals surface area contributed by atoms with Crippen molar-refractivity contribution < 1.29 is 31.8 Å². The summed E-state index contributed by atoms with van der Waals surface area (Å²) >= 11 is 1.25. The molecule has 22 heavy (non-hydrogen) atoms. The molecule has 1 aliphatic rings. The van der Waals surface area contributed by atoms with Gasteiger partial charge in [-0.15, -0.1) is 26.2 Å². The van der Waals surface area contributed by atoms with Crippen molar-refractivity contribution in [2.75, 3.05) is 0 Å². The molecule has 0 unspecified atom stereocenters. The molecule has 10 heteroatoms. The van der Waals surface area contributed by atoms with E-state index < -0.39 is 29.6 Å². The van der Waals surface area contributed by atoms with Crippen LogP contribution >= 0.6 is 11.3 Å². The fourth-order valence-electron chi connectivity index (χ4n) is 1.42. The van der Waals surface area contributed by atoms with E-state index >= 15 is 0 Å². The van der Waals surface area contributed by atoms with E-state index in [0.717, 1.165) is 12.1 Å². The molecule has 0 fully saturated rings. The maximum Gasteiger partial charge on any atom is 0.537 e. The number of amides is 1. The molecule has 2 N–H and O–H groups in total. The van der Waals surface area contributed by atoms with Gasteiger partial charge in [-0.25, -0.2) is 4.74 Å². The van der Waals surface area contributed by atoms with Crippen LogP contribution in [0.1, 0.15) is 15.2 Å². The molecule has 1 aromatic carbocycles. The summed E-state index contributed by atoms with van der Waals surface area (Å²) in [7, 11) is 0. The van der Waals surface area contributed by atoms with Crippen molar-refractivity contribution in [3.63, 3.8) is 0 Å². The number of primary amides is 1. The number of nitrogens with two attached hydrogens (primary N) is 1. The van der Waals surface area contributed by atoms with Gasteiger partial charge in [-0.1, -0.05) is 0 Å². The smallest absolute Gasteiger partial charge is 0.435 e. The maximum atomic E-state index is 12.9. The molecule has 1 aliphatic heterocycles. The Bertz CT molecular complexity index is 664. The second-order valence-electron chi connectivity index (χ2n) is 3.84. The Hall–Kier alpha value is -2.20. The van der Waals surface area contributed by atoms with Crippen molar-refractivity contribution in [1.29, 1.82) is 0 Å². The molecular formula is C12H7F4N2O3S-. The van der Waals surface area contributed by atoms with Crippen LogP contribution in [-0.4, -0.2) is 17.2 Å². The highest BCUT2D eigenvalue weighted by Crippen LogP contribution is 2.45. The van der Waals surface area contributed by atoms with Gasteiger partial charge in [-0.2, -0.15) is 27.0 Å². The molecule has 0 saturated heterocycles. The van der Waals surface area contributed by atoms with E-state index in [1.807, 2.05) is 0 Å². The summed E-state index contributed by atoms with van der Waals surface area (Å²) in [4.78, 5) is 14.4. The van der Waals surface area contributed by atoms with Gasteiger partial charge in [-0.3, -0.25) is 9.78 Å². The van der Waals surface area contributed by atoms with Crippen LogP contribution in [0.5, 0.6) is 5.75 Å². The third kappa shape index (κ3) is 3.71. The van der Waals surface area contributed by atoms with Gasteiger partial charge in [0.05, 0.1) is 11.7 Å². The van der Waals surface area contributed by atoms with Gasteiger partial charge in [0.1, 0.15) is 4.88 Å². The average Bonchev–Trinajstić information content (AvgIpc) is 2.91. The molecule has 1 aromatic heterocycles. The van der Waals surface area contributed by atoms with Crippen molar-refractivity contribution in [3.8, 4) is 5.75 Å². The van der Waals surface area contributed by atoms with E-state index in [9.17, 15) is 22.4 Å². The first-order valence-corrected chi connectivity index (χ1v) is 6.43. The predicted molar refractivity (Wildman–Crippen MR) is 66.5 cm³/mol. The van der Waals surface area contributed by atoms with E-state index in [1.54, 1.807) is 5.51 Å². The molecule has 0 radical (unpaired) electrons. The van der Waals surface area contributed by atoms with Crippen molar-refractivity contribution in [2.24, 2.45) is 5.73 Å². The number of aromatic nitrogens is 1. The summed E-state index contributed by atoms with van der Waals surface area (Å²) in [5.41, 5.74) is 5.70. The summed E-state index contributed by atoms with van der Waals surface area (Å²) in [6.45, 7) is 0. The molecule has 0 atom stereocenters. The van der Waals surface area contributed by atoms with Crippen LogP contribution in [0, 0.1) is 6.07 Å². The van der Waals surface area contributed by atoms with Crippen LogP contribution in [0.3, 0.4) is 0 Å². The molecule has 0 bridgehead atoms. The number of hydrogen-bond donors (Lipinski definition) is 1. The highest BCUT2D eigenvalue weighted by Gasteiger charge is 2.50. The summed E-state index contributed by atoms with van der Waals surface area (Å²) in [6.07, 6.45) is -6.92. The third-order valence-corrected chi connectivity index (χ3v) is 3.08. The summed E-state index contributed by atoms with van der Waals surface area (Å²) in [6, 6.07) is 5.32. The minimum Gasteiger partial charge on any atom is -0.435 e. The van der Waals surface area contributed by atoms with Crippen LogP contribution in [-0.2, 0) is 10.8 Å². The van der Waals surface area contributed by atoms with E-state index in [0.29, 0.717) is 4.88 Å². The number of rotatable bonds is 1. The van der Waals surface area contributed by atoms with Crippen molar-refractivity contribution >= 4 is 17.2 Å². The molecule has 3 rings (SSSR count). The van der Waals surface area contributed by atoms with Gasteiger partial charge in [-0.05, 0) is 5.56 Å². The molecular weight excluding hydrogens is 328 g/mol. The van der Waals surface area contributed by atoms with Crippen molar-refractivity contribution in [2.45, 2.75) is 12.4 Å². The Morgan fingerprint density at radius 1 is 1.36 bits per heavy atom. The Balaban J connectivity index is 0.000000188. The number of thiazole rings is 1. The number of hydrogen-bond acceptors (Lipinski definition) is 5. The van der Waals surface area contributed by atoms with Crippen molar-refractivity contribution in [1.82, 2.24) is 4.98 Å². The Morgan fingerprint density at radius 2 is 2.09 bits per heavy atom. The summed E-state index contributed by atoms with van der Waals surface area (Å²) < 4.78 is 57.7. The monoisotopic (exact) mass is 335 g/mol. The lowest BCUT2D eigenvalue weighted by Gasteiger charge is -2.34. The third-order valence-electron chi connectivity index (χ3n) is 2.29. The highest BCUT2D eigenvalue weighted by molar-refractivity contribution is 7.11. The zero-order chi connectivity index (χ0) is 16.4. The minimum absolute atomic E-state index is 0.410. The largest absolute Gasteiger partial charge is 0.537 e. The number of alkyl halides is 4. The van der Waals surface area contributed by atoms with E-state index in [-0.39, 0.29) is 0 Å². The van der Waals surface area contributed by atoms with E-state index in [1.165, 1.54) is 23.6 Å². The maximum absolute atomic E-state index is 12.9. The first kappa shape index (κ1) is 16.2. The lowest BCUT2D eigenvalue weighted by molar-refractivity contribution is -0.461. The van der Waals surface area contributed by atoms with Crippen LogP contribution in [0.15, 0.2) is 29.9 Å². The highest BCUT2D eigenvalue weighted by atomic mass is 32.1. The number of carbonyl (C=O) groups excluding carboxylic acids is 1. The molecule has 2 heterocycles. The normalized spacial score (nSPS) is 17.5. The first-order chi connectivity index (χ1) is 10.2. The molecule has 1 amide bonds. The first-order valence-electron chi connectivity index (χ1n) is 5.55. The molecule has 0 spiro atoms. The Labute approximate surface area is 125 Å². The molecule has 0 aliphatic carbocycles. The number of ether oxygens (including phenoxy) is 2. The SMILES string of the molecule is FC1(F)Oc2cc[c-]cc2C(F)(F)O1.NC(=O)c1cncs1. The second-order valence-corrected chi connectivity index (χ2v) is 4.72. The van der Waals surface area contributed by atoms with Gasteiger partial charge in [0.25, 0.3) is 5.91 Å². The number of fused-ring (bicyclic) bond motifs is 1. The number of carbonyl (C=O) groups is 1. The van der Waals surface area contributed by atoms with E-state index in [4.69, 9.17) is 5.73 Å². The van der Waals surface area contributed by atoms with Gasteiger partial charge < -0.3 is 10.5 Å². The Kier molecular flexibility index (Phi) is 4.33. The number of nitrogens with zero attached hydrogens (tertiary/aromatic N) is 1. The van der Waals surface area contributed by atoms with Crippen LogP contribution in [0.25, 0.3) is 0 Å². The molecule has 5 nitrogen and oxygen atoms in total. The van der Waals surface area contributed by atoms with Gasteiger partial charge in [0.15, 0.2) is 0 Å². The fourth-order valence-corrected chi connectivity index (χ4v) is 1.90. The molecule has 2 aromatic rings. The second kappa shape index (κ2) is 5.89. The minimum atomic E-state index is -4.31. The van der Waals surface area contributed by atoms with Crippen LogP contribution < -0.4 is 10.5 Å². The zero-order valence-corrected chi connectivity index (χ0v) is 11.4. The molecule has 0 saturated carbocycles. The van der Waals surface area contributed by atoms with Gasteiger partial charge >= 0.3 is 12.4 Å². The van der Waals surface area contributed by atoms with Gasteiger partial charge in [0.2, 0.25) is 0 Å². The van der Waals surface area contributed by atoms with Gasteiger partial charge in [0, 0.05) is 5.75 Å². The fraction of sp³-hybridized carbons (Fsp3) is 0.167. The zero-order valence-electron chi connectivity index (χ0n) is 10.6. The van der Waals surface area contributed by atoms with Crippen LogP contribution in [0.2, 0.25) is 0 Å². The number of halogens is 4. The van der Waals surface area contributed by atoms with E-state index in [2.05, 4.69) is 20.5 Å². The number of benzene rings is 1. The summed E-state index contributed by atoms with van der Waals surface area (Å²) in [5, 5.41) is 0. The Morgan fingerprint density at radius 3 is 2.64 bits per heavy atom. The quantitative estimate of drug-likeness (QED) is 0.642. The standard InChI is InChI=1S/C8H3F4O2.C4H4N2OS/c9-7(10)5-3-1-2-4-6(5)13-8(11,12)14-7;5-4(7)3-1-6-2-8-3/h2-4H;1-2H,(H2,5,7)/q-1;. The predicted octanol–water partition coefficient (Wildman–Crippen LogP) is 2.74. The lowest BCUT2D eigenvalue weighted by Crippen LogP contribution is -2.40. The van der Waals surface area contributed by atoms with Crippen molar-refractivity contribution in [3.05, 3.63) is 46.4 Å². The summed E-state index contributed by atoms with van der Waals surface area (Å²) in [5.74, 6) is -1.02. The lowest BCUT2D eigenvalue weighted by atomic mass is 10.2. The average molecular weight is 335 g/mol. The van der Waals surface area contributed by atoms with Crippen LogP contribution in [0.4, 0.5) is 17.6 Å². The topological polar surface area (TPSA) is 74.4 Å². The molecule has 118 valence electrons.